The maximum Gasteiger partial charge on any atom is 0.491 e. The molecule has 2 rings (SSSR count). The number of esters is 1. The molecule has 1 aromatic carbocycles. The molecule has 1 aliphatic rings. The summed E-state index contributed by atoms with van der Waals surface area (Å²) in [6.07, 6.45) is 0. The molecule has 1 heterocycles. The van der Waals surface area contributed by atoms with Crippen molar-refractivity contribution in [3.63, 3.8) is 0 Å². The van der Waals surface area contributed by atoms with Crippen LogP contribution in [0, 0.1) is 0 Å². The molecule has 6 heteroatoms. The van der Waals surface area contributed by atoms with Gasteiger partial charge in [0.1, 0.15) is 5.75 Å². The molecule has 3 N–H and O–H groups in total. The summed E-state index contributed by atoms with van der Waals surface area (Å²) in [6, 6.07) is 4.99. The molecular weight excluding hydrogens is 197 g/mol. The highest BCUT2D eigenvalue weighted by Gasteiger charge is 2.27. The summed E-state index contributed by atoms with van der Waals surface area (Å²) >= 11 is 0. The van der Waals surface area contributed by atoms with E-state index in [9.17, 15) is 9.82 Å². The Morgan fingerprint density at radius 3 is 3.20 bits per heavy atom. The molecule has 0 atom stereocenters. The Kier molecular flexibility index (Phi) is 2.72. The van der Waals surface area contributed by atoms with Crippen LogP contribution in [0.2, 0.25) is 0 Å². The highest BCUT2D eigenvalue weighted by molar-refractivity contribution is 6.61. The molecule has 0 spiro atoms. The van der Waals surface area contributed by atoms with Crippen molar-refractivity contribution < 1.29 is 19.2 Å². The van der Waals surface area contributed by atoms with Crippen LogP contribution in [0.5, 0.6) is 5.75 Å². The molecule has 0 saturated carbocycles. The molecule has 0 radical (unpaired) electrons. The zero-order valence-electron chi connectivity index (χ0n) is 7.97. The quantitative estimate of drug-likeness (QED) is 0.360. The van der Waals surface area contributed by atoms with Gasteiger partial charge in [0.25, 0.3) is 0 Å². The fourth-order valence-corrected chi connectivity index (χ4v) is 1.43. The molecular formula is C9H10BNO4. The molecule has 0 unspecified atom stereocenters. The third-order valence-corrected chi connectivity index (χ3v) is 2.18. The SMILES string of the molecule is NCC(=O)Oc1ccc2c(c1)B(O)OC2. The summed E-state index contributed by atoms with van der Waals surface area (Å²) in [5.41, 5.74) is 6.65. The third-order valence-electron chi connectivity index (χ3n) is 2.18. The van der Waals surface area contributed by atoms with Crippen LogP contribution in [-0.4, -0.2) is 24.7 Å². The summed E-state index contributed by atoms with van der Waals surface area (Å²) < 4.78 is 9.91. The Hall–Kier alpha value is -1.37. The molecule has 0 bridgehead atoms. The van der Waals surface area contributed by atoms with Crippen molar-refractivity contribution in [1.29, 1.82) is 0 Å². The van der Waals surface area contributed by atoms with Crippen molar-refractivity contribution in [2.75, 3.05) is 6.54 Å². The van der Waals surface area contributed by atoms with Crippen LogP contribution >= 0.6 is 0 Å². The van der Waals surface area contributed by atoms with Crippen LogP contribution in [0.1, 0.15) is 5.56 Å². The number of benzene rings is 1. The lowest BCUT2D eigenvalue weighted by Gasteiger charge is -2.04. The number of ether oxygens (including phenoxy) is 1. The summed E-state index contributed by atoms with van der Waals surface area (Å²) in [5.74, 6) is -0.142. The van der Waals surface area contributed by atoms with Crippen LogP contribution in [-0.2, 0) is 16.1 Å². The van der Waals surface area contributed by atoms with Crippen LogP contribution in [0.3, 0.4) is 0 Å². The lowest BCUT2D eigenvalue weighted by molar-refractivity contribution is -0.132. The molecule has 15 heavy (non-hydrogen) atoms. The van der Waals surface area contributed by atoms with Crippen LogP contribution in [0.15, 0.2) is 18.2 Å². The van der Waals surface area contributed by atoms with Crippen molar-refractivity contribution in [2.24, 2.45) is 5.73 Å². The Balaban J connectivity index is 2.21. The maximum atomic E-state index is 10.9. The van der Waals surface area contributed by atoms with Crippen molar-refractivity contribution in [2.45, 2.75) is 6.61 Å². The van der Waals surface area contributed by atoms with Gasteiger partial charge in [0.2, 0.25) is 0 Å². The largest absolute Gasteiger partial charge is 0.491 e. The number of hydrogen-bond acceptors (Lipinski definition) is 5. The monoisotopic (exact) mass is 207 g/mol. The fraction of sp³-hybridized carbons (Fsp3) is 0.222. The second-order valence-corrected chi connectivity index (χ2v) is 3.20. The topological polar surface area (TPSA) is 81.8 Å². The Bertz CT molecular complexity index is 396. The first-order valence-corrected chi connectivity index (χ1v) is 4.54. The van der Waals surface area contributed by atoms with Crippen LogP contribution in [0.25, 0.3) is 0 Å². The Labute approximate surface area is 86.9 Å². The summed E-state index contributed by atoms with van der Waals surface area (Å²) in [5, 5.41) is 9.41. The minimum atomic E-state index is -0.934. The molecule has 0 aliphatic carbocycles. The normalized spacial score (nSPS) is 13.9. The second kappa shape index (κ2) is 4.02. The van der Waals surface area contributed by atoms with Crippen molar-refractivity contribution in [1.82, 2.24) is 0 Å². The number of nitrogens with two attached hydrogens (primary N) is 1. The maximum absolute atomic E-state index is 10.9. The lowest BCUT2D eigenvalue weighted by atomic mass is 9.79. The first kappa shape index (κ1) is 10.2. The van der Waals surface area contributed by atoms with E-state index in [-0.39, 0.29) is 6.54 Å². The molecule has 0 fully saturated rings. The molecule has 1 aliphatic heterocycles. The first-order valence-electron chi connectivity index (χ1n) is 4.54. The van der Waals surface area contributed by atoms with E-state index in [0.717, 1.165) is 5.56 Å². The number of carbonyl (C=O) groups excluding carboxylic acids is 1. The Morgan fingerprint density at radius 2 is 2.47 bits per heavy atom. The minimum Gasteiger partial charge on any atom is -0.426 e. The van der Waals surface area contributed by atoms with Crippen LogP contribution in [0.4, 0.5) is 0 Å². The van der Waals surface area contributed by atoms with Gasteiger partial charge in [-0.05, 0) is 23.2 Å². The van der Waals surface area contributed by atoms with E-state index in [0.29, 0.717) is 17.8 Å². The minimum absolute atomic E-state index is 0.170. The van der Waals surface area contributed by atoms with Crippen LogP contribution < -0.4 is 15.9 Å². The number of hydrogen-bond donors (Lipinski definition) is 2. The first-order chi connectivity index (χ1) is 7.20. The number of carbonyl (C=O) groups is 1. The summed E-state index contributed by atoms with van der Waals surface area (Å²) in [6.45, 7) is 0.206. The van der Waals surface area contributed by atoms with E-state index >= 15 is 0 Å². The molecule has 0 amide bonds. The van der Waals surface area contributed by atoms with Crippen molar-refractivity contribution >= 4 is 18.6 Å². The molecule has 1 aromatic rings. The van der Waals surface area contributed by atoms with E-state index in [1.54, 1.807) is 18.2 Å². The van der Waals surface area contributed by atoms with Gasteiger partial charge in [-0.15, -0.1) is 0 Å². The van der Waals surface area contributed by atoms with Gasteiger partial charge in [0, 0.05) is 0 Å². The van der Waals surface area contributed by atoms with Gasteiger partial charge in [0.05, 0.1) is 13.2 Å². The predicted molar refractivity (Wildman–Crippen MR) is 53.5 cm³/mol. The summed E-state index contributed by atoms with van der Waals surface area (Å²) in [4.78, 5) is 10.9. The second-order valence-electron chi connectivity index (χ2n) is 3.20. The number of fused-ring (bicyclic) bond motifs is 1. The van der Waals surface area contributed by atoms with Crippen molar-refractivity contribution in [3.05, 3.63) is 23.8 Å². The lowest BCUT2D eigenvalue weighted by Crippen LogP contribution is -2.28. The van der Waals surface area contributed by atoms with Crippen molar-refractivity contribution in [3.8, 4) is 5.75 Å². The standard InChI is InChI=1S/C9H10BNO4/c11-4-9(12)15-7-2-1-6-5-14-10(13)8(6)3-7/h1-3,13H,4-5,11H2. The van der Waals surface area contributed by atoms with Gasteiger partial charge in [-0.2, -0.15) is 0 Å². The van der Waals surface area contributed by atoms with E-state index in [1.807, 2.05) is 0 Å². The zero-order chi connectivity index (χ0) is 10.8. The van der Waals surface area contributed by atoms with Gasteiger partial charge < -0.3 is 20.1 Å². The van der Waals surface area contributed by atoms with Gasteiger partial charge in [-0.1, -0.05) is 6.07 Å². The van der Waals surface area contributed by atoms with Gasteiger partial charge >= 0.3 is 13.1 Å². The molecule has 5 nitrogen and oxygen atoms in total. The van der Waals surface area contributed by atoms with E-state index in [4.69, 9.17) is 15.1 Å². The molecule has 0 saturated heterocycles. The number of rotatable bonds is 2. The van der Waals surface area contributed by atoms with E-state index in [1.165, 1.54) is 0 Å². The predicted octanol–water partition coefficient (Wildman–Crippen LogP) is -1.23. The van der Waals surface area contributed by atoms with Gasteiger partial charge in [-0.25, -0.2) is 0 Å². The fourth-order valence-electron chi connectivity index (χ4n) is 1.43. The van der Waals surface area contributed by atoms with E-state index < -0.39 is 13.1 Å². The molecule has 78 valence electrons. The molecule has 0 aromatic heterocycles. The summed E-state index contributed by atoms with van der Waals surface area (Å²) in [7, 11) is -0.934. The average Bonchev–Trinajstić information content (AvgIpc) is 2.60. The highest BCUT2D eigenvalue weighted by atomic mass is 16.5. The average molecular weight is 207 g/mol. The smallest absolute Gasteiger partial charge is 0.426 e. The van der Waals surface area contributed by atoms with Gasteiger partial charge in [0.15, 0.2) is 0 Å². The zero-order valence-corrected chi connectivity index (χ0v) is 7.97. The highest BCUT2D eigenvalue weighted by Crippen LogP contribution is 2.16. The van der Waals surface area contributed by atoms with E-state index in [2.05, 4.69) is 0 Å². The third kappa shape index (κ3) is 2.01. The Morgan fingerprint density at radius 1 is 1.67 bits per heavy atom. The van der Waals surface area contributed by atoms with Gasteiger partial charge in [-0.3, -0.25) is 4.79 Å².